The van der Waals surface area contributed by atoms with Crippen molar-refractivity contribution in [1.82, 2.24) is 4.90 Å². The zero-order valence-corrected chi connectivity index (χ0v) is 19.4. The number of likely N-dealkylation sites (tertiary alicyclic amines) is 1. The number of halogens is 1. The van der Waals surface area contributed by atoms with Crippen LogP contribution in [0.5, 0.6) is 5.75 Å². The molecule has 1 N–H and O–H groups in total. The highest BCUT2D eigenvalue weighted by atomic mass is 79.9. The Morgan fingerprint density at radius 3 is 2.41 bits per heavy atom. The van der Waals surface area contributed by atoms with Crippen LogP contribution in [0.25, 0.3) is 5.76 Å². The average Bonchev–Trinajstić information content (AvgIpc) is 3.08. The van der Waals surface area contributed by atoms with Gasteiger partial charge in [0.05, 0.1) is 39.5 Å². The highest BCUT2D eigenvalue weighted by Crippen LogP contribution is 2.38. The number of methoxy groups -OCH3 is 1. The highest BCUT2D eigenvalue weighted by Gasteiger charge is 2.44. The highest BCUT2D eigenvalue weighted by molar-refractivity contribution is 9.10. The third kappa shape index (κ3) is 4.57. The molecule has 7 nitrogen and oxygen atoms in total. The lowest BCUT2D eigenvalue weighted by Crippen LogP contribution is -3.14. The molecule has 1 amide bonds. The average molecular weight is 501 g/mol. The molecule has 32 heavy (non-hydrogen) atoms. The number of ketones is 1. The number of morpholine rings is 1. The van der Waals surface area contributed by atoms with Crippen LogP contribution >= 0.6 is 15.9 Å². The molecule has 0 bridgehead atoms. The van der Waals surface area contributed by atoms with Gasteiger partial charge in [-0.2, -0.15) is 0 Å². The van der Waals surface area contributed by atoms with Gasteiger partial charge in [-0.15, -0.1) is 0 Å². The van der Waals surface area contributed by atoms with Crippen LogP contribution in [0, 0.1) is 0 Å². The van der Waals surface area contributed by atoms with Crippen molar-refractivity contribution < 1.29 is 29.1 Å². The normalized spacial score (nSPS) is 21.2. The third-order valence-electron chi connectivity index (χ3n) is 5.97. The first-order chi connectivity index (χ1) is 15.5. The van der Waals surface area contributed by atoms with Gasteiger partial charge in [0.15, 0.2) is 0 Å². The molecular formula is C24H25BrN2O5. The van der Waals surface area contributed by atoms with Gasteiger partial charge in [-0.25, -0.2) is 0 Å². The minimum absolute atomic E-state index is 0.000494. The molecule has 2 heterocycles. The summed E-state index contributed by atoms with van der Waals surface area (Å²) in [5, 5.41) is 13.4. The molecule has 2 aliphatic heterocycles. The summed E-state index contributed by atoms with van der Waals surface area (Å²) in [6.07, 6.45) is 0. The Bertz CT molecular complexity index is 1010. The number of ether oxygens (including phenoxy) is 2. The lowest BCUT2D eigenvalue weighted by atomic mass is 9.95. The summed E-state index contributed by atoms with van der Waals surface area (Å²) in [7, 11) is 1.54. The Labute approximate surface area is 195 Å². The van der Waals surface area contributed by atoms with E-state index in [4.69, 9.17) is 9.47 Å². The van der Waals surface area contributed by atoms with Crippen molar-refractivity contribution in [2.45, 2.75) is 6.04 Å². The fraction of sp³-hybridized carbons (Fsp3) is 0.333. The summed E-state index contributed by atoms with van der Waals surface area (Å²) >= 11 is 3.42. The van der Waals surface area contributed by atoms with Crippen LogP contribution in [-0.4, -0.2) is 63.1 Å². The smallest absolute Gasteiger partial charge is 0.295 e. The zero-order chi connectivity index (χ0) is 22.7. The van der Waals surface area contributed by atoms with Crippen LogP contribution in [0.15, 0.2) is 58.6 Å². The summed E-state index contributed by atoms with van der Waals surface area (Å²) in [6.45, 7) is 4.18. The summed E-state index contributed by atoms with van der Waals surface area (Å²) in [4.78, 5) is 28.9. The predicted molar refractivity (Wildman–Crippen MR) is 120 cm³/mol. The Morgan fingerprint density at radius 1 is 1.12 bits per heavy atom. The van der Waals surface area contributed by atoms with Crippen molar-refractivity contribution in [2.75, 3.05) is 46.5 Å². The number of hydrogen-bond acceptors (Lipinski definition) is 5. The standard InChI is InChI=1S/C24H25BrN2O5/c1-31-19-8-4-17(5-9-19)22(28)20-21(16-2-6-18(25)7-3-16)27(24(30)23(20)29)11-10-26-12-14-32-15-13-26/h2-9,21,28H,10-15H2,1H3/b22-20+. The van der Waals surface area contributed by atoms with Gasteiger partial charge in [-0.1, -0.05) is 46.0 Å². The molecule has 0 saturated carbocycles. The van der Waals surface area contributed by atoms with E-state index in [9.17, 15) is 14.7 Å². The number of Topliss-reactive ketones (excluding diaryl/α,β-unsaturated/α-hetero) is 1. The van der Waals surface area contributed by atoms with Gasteiger partial charge in [-0.05, 0) is 35.4 Å². The second-order valence-corrected chi connectivity index (χ2v) is 8.78. The van der Waals surface area contributed by atoms with Gasteiger partial charge < -0.3 is 24.4 Å². The number of quaternary nitrogens is 1. The van der Waals surface area contributed by atoms with Crippen molar-refractivity contribution in [3.8, 4) is 5.75 Å². The second kappa shape index (κ2) is 9.85. The fourth-order valence-electron chi connectivity index (χ4n) is 4.18. The number of rotatable bonds is 6. The molecule has 0 radical (unpaired) electrons. The summed E-state index contributed by atoms with van der Waals surface area (Å²) in [6, 6.07) is 13.3. The quantitative estimate of drug-likeness (QED) is 0.356. The lowest BCUT2D eigenvalue weighted by Gasteiger charge is -2.30. The number of benzene rings is 2. The topological polar surface area (TPSA) is 83.3 Å². The predicted octanol–water partition coefficient (Wildman–Crippen LogP) is 0.597. The van der Waals surface area contributed by atoms with Gasteiger partial charge in [0.1, 0.15) is 18.8 Å². The van der Waals surface area contributed by atoms with Crippen LogP contribution < -0.4 is 14.7 Å². The second-order valence-electron chi connectivity index (χ2n) is 7.87. The van der Waals surface area contributed by atoms with Crippen molar-refractivity contribution in [3.05, 3.63) is 69.7 Å². The van der Waals surface area contributed by atoms with Crippen LogP contribution in [0.1, 0.15) is 17.2 Å². The van der Waals surface area contributed by atoms with E-state index >= 15 is 0 Å². The van der Waals surface area contributed by atoms with Crippen LogP contribution in [0.2, 0.25) is 0 Å². The third-order valence-corrected chi connectivity index (χ3v) is 6.50. The summed E-state index contributed by atoms with van der Waals surface area (Å²) in [5.74, 6) is -1.17. The number of carbonyl (C=O) groups is 2. The maximum absolute atomic E-state index is 13.4. The van der Waals surface area contributed by atoms with Crippen molar-refractivity contribution in [3.63, 3.8) is 0 Å². The number of nitrogens with one attached hydrogen (secondary N) is 1. The molecule has 4 rings (SSSR count). The maximum atomic E-state index is 13.4. The molecule has 2 aliphatic rings. The van der Waals surface area contributed by atoms with Gasteiger partial charge in [-0.3, -0.25) is 9.59 Å². The van der Waals surface area contributed by atoms with Crippen LogP contribution in [0.4, 0.5) is 0 Å². The van der Waals surface area contributed by atoms with E-state index in [1.54, 1.807) is 36.3 Å². The molecule has 8 heteroatoms. The number of hydrogen-bond donors (Lipinski definition) is 1. The molecule has 0 spiro atoms. The Morgan fingerprint density at radius 2 is 1.78 bits per heavy atom. The molecule has 2 aromatic carbocycles. The molecule has 168 valence electrons. The van der Waals surface area contributed by atoms with Crippen molar-refractivity contribution >= 4 is 33.4 Å². The molecule has 2 fully saturated rings. The Kier molecular flexibility index (Phi) is 6.93. The number of nitrogens with zero attached hydrogens (tertiary/aromatic N) is 1. The van der Waals surface area contributed by atoms with E-state index in [1.165, 1.54) is 4.90 Å². The van der Waals surface area contributed by atoms with Gasteiger partial charge in [0.2, 0.25) is 5.78 Å². The largest absolute Gasteiger partial charge is 0.872 e. The van der Waals surface area contributed by atoms with E-state index in [1.807, 2.05) is 24.3 Å². The van der Waals surface area contributed by atoms with Crippen molar-refractivity contribution in [1.29, 1.82) is 0 Å². The van der Waals surface area contributed by atoms with E-state index in [0.29, 0.717) is 37.6 Å². The lowest BCUT2D eigenvalue weighted by molar-refractivity contribution is -0.907. The van der Waals surface area contributed by atoms with E-state index in [2.05, 4.69) is 15.9 Å². The fourth-order valence-corrected chi connectivity index (χ4v) is 4.44. The number of carbonyl (C=O) groups excluding carboxylic acids is 2. The molecule has 2 aromatic rings. The Hall–Kier alpha value is -2.68. The van der Waals surface area contributed by atoms with Gasteiger partial charge in [0, 0.05) is 10.0 Å². The first-order valence-corrected chi connectivity index (χ1v) is 11.4. The minimum Gasteiger partial charge on any atom is -0.872 e. The summed E-state index contributed by atoms with van der Waals surface area (Å²) < 4.78 is 11.4. The van der Waals surface area contributed by atoms with Gasteiger partial charge >= 0.3 is 0 Å². The van der Waals surface area contributed by atoms with Gasteiger partial charge in [0.25, 0.3) is 5.91 Å². The minimum atomic E-state index is -0.726. The SMILES string of the molecule is COc1ccc(/C([O-])=C2\C(=O)C(=O)N(CC[NH+]3CCOCC3)C2c2ccc(Br)cc2)cc1. The molecule has 2 saturated heterocycles. The maximum Gasteiger partial charge on any atom is 0.295 e. The molecular weight excluding hydrogens is 476 g/mol. The first kappa shape index (κ1) is 22.5. The Balaban J connectivity index is 1.71. The van der Waals surface area contributed by atoms with E-state index in [0.717, 1.165) is 23.1 Å². The van der Waals surface area contributed by atoms with E-state index in [-0.39, 0.29) is 5.57 Å². The molecule has 1 unspecified atom stereocenters. The zero-order valence-electron chi connectivity index (χ0n) is 17.8. The first-order valence-electron chi connectivity index (χ1n) is 10.6. The summed E-state index contributed by atoms with van der Waals surface area (Å²) in [5.41, 5.74) is 1.09. The van der Waals surface area contributed by atoms with Crippen LogP contribution in [-0.2, 0) is 14.3 Å². The number of amides is 1. The van der Waals surface area contributed by atoms with Crippen molar-refractivity contribution in [2.24, 2.45) is 0 Å². The van der Waals surface area contributed by atoms with Crippen LogP contribution in [0.3, 0.4) is 0 Å². The molecule has 0 aliphatic carbocycles. The molecule has 0 aromatic heterocycles. The monoisotopic (exact) mass is 500 g/mol. The molecule has 1 atom stereocenters. The van der Waals surface area contributed by atoms with E-state index < -0.39 is 23.5 Å².